The van der Waals surface area contributed by atoms with E-state index in [9.17, 15) is 4.79 Å². The van der Waals surface area contributed by atoms with Gasteiger partial charge in [0, 0.05) is 34.0 Å². The Labute approximate surface area is 98.4 Å². The number of carbonyl (C=O) groups excluding carboxylic acids is 1. The molecule has 0 saturated carbocycles. The third-order valence-electron chi connectivity index (χ3n) is 2.77. The van der Waals surface area contributed by atoms with Gasteiger partial charge in [0.05, 0.1) is 0 Å². The topological polar surface area (TPSA) is 29.1 Å². The highest BCUT2D eigenvalue weighted by molar-refractivity contribution is 8.03. The van der Waals surface area contributed by atoms with Crippen LogP contribution in [-0.2, 0) is 4.79 Å². The van der Waals surface area contributed by atoms with Gasteiger partial charge in [-0.3, -0.25) is 4.79 Å². The van der Waals surface area contributed by atoms with E-state index in [2.05, 4.69) is 23.5 Å². The molecule has 16 heavy (non-hydrogen) atoms. The van der Waals surface area contributed by atoms with Crippen molar-refractivity contribution in [1.29, 1.82) is 0 Å². The maximum absolute atomic E-state index is 11.8. The van der Waals surface area contributed by atoms with Crippen molar-refractivity contribution in [3.05, 3.63) is 46.9 Å². The minimum absolute atomic E-state index is 0.241. The van der Waals surface area contributed by atoms with Crippen molar-refractivity contribution in [3.63, 3.8) is 0 Å². The lowest BCUT2D eigenvalue weighted by atomic mass is 10.0. The number of thioether (sulfide) groups is 1. The molecule has 2 nitrogen and oxygen atoms in total. The van der Waals surface area contributed by atoms with Crippen LogP contribution in [0.15, 0.2) is 51.8 Å². The number of hydrogen-bond donors (Lipinski definition) is 1. The Morgan fingerprint density at radius 2 is 2.12 bits per heavy atom. The Hall–Kier alpha value is -1.48. The van der Waals surface area contributed by atoms with E-state index in [0.29, 0.717) is 13.0 Å². The van der Waals surface area contributed by atoms with Crippen molar-refractivity contribution < 1.29 is 4.79 Å². The molecule has 0 aromatic heterocycles. The van der Waals surface area contributed by atoms with Gasteiger partial charge in [-0.15, -0.1) is 0 Å². The molecule has 0 fully saturated rings. The van der Waals surface area contributed by atoms with E-state index in [1.54, 1.807) is 11.8 Å². The molecular formula is C13H11NOS. The standard InChI is InChI=1S/C13H11NOS/c15-11-5-3-7-12-9(11)8-14-10-4-1-2-6-13(10)16-12/h1-4,6-7,14H,5,8H2. The number of Topliss-reactive ketones (excluding diaryl/α,β-unsaturated/α-hetero) is 1. The van der Waals surface area contributed by atoms with Crippen LogP contribution in [0.2, 0.25) is 0 Å². The summed E-state index contributed by atoms with van der Waals surface area (Å²) in [5, 5.41) is 3.32. The van der Waals surface area contributed by atoms with Crippen LogP contribution in [0.25, 0.3) is 0 Å². The Morgan fingerprint density at radius 3 is 3.06 bits per heavy atom. The highest BCUT2D eigenvalue weighted by Gasteiger charge is 2.21. The lowest BCUT2D eigenvalue weighted by Crippen LogP contribution is -2.14. The van der Waals surface area contributed by atoms with E-state index in [1.807, 2.05) is 18.2 Å². The van der Waals surface area contributed by atoms with Gasteiger partial charge in [0.25, 0.3) is 0 Å². The molecule has 3 rings (SSSR count). The first-order valence-electron chi connectivity index (χ1n) is 5.28. The summed E-state index contributed by atoms with van der Waals surface area (Å²) in [5.74, 6) is 0.241. The summed E-state index contributed by atoms with van der Waals surface area (Å²) < 4.78 is 0. The molecule has 0 unspecified atom stereocenters. The summed E-state index contributed by atoms with van der Waals surface area (Å²) in [6.07, 6.45) is 4.55. The molecule has 1 aliphatic heterocycles. The van der Waals surface area contributed by atoms with Crippen LogP contribution >= 0.6 is 11.8 Å². The van der Waals surface area contributed by atoms with E-state index in [4.69, 9.17) is 0 Å². The predicted molar refractivity (Wildman–Crippen MR) is 66.6 cm³/mol. The van der Waals surface area contributed by atoms with Crippen molar-refractivity contribution in [1.82, 2.24) is 0 Å². The first-order valence-corrected chi connectivity index (χ1v) is 6.10. The van der Waals surface area contributed by atoms with Gasteiger partial charge in [-0.2, -0.15) is 0 Å². The number of ketones is 1. The number of rotatable bonds is 0. The third-order valence-corrected chi connectivity index (χ3v) is 3.95. The van der Waals surface area contributed by atoms with Crippen molar-refractivity contribution in [2.45, 2.75) is 11.3 Å². The zero-order valence-corrected chi connectivity index (χ0v) is 9.51. The van der Waals surface area contributed by atoms with Crippen molar-refractivity contribution in [3.8, 4) is 0 Å². The summed E-state index contributed by atoms with van der Waals surface area (Å²) in [7, 11) is 0. The molecule has 0 saturated heterocycles. The fourth-order valence-corrected chi connectivity index (χ4v) is 3.03. The zero-order chi connectivity index (χ0) is 11.0. The van der Waals surface area contributed by atoms with Gasteiger partial charge in [0.2, 0.25) is 0 Å². The van der Waals surface area contributed by atoms with Gasteiger partial charge in [-0.05, 0) is 12.1 Å². The summed E-state index contributed by atoms with van der Waals surface area (Å²) in [6, 6.07) is 8.16. The predicted octanol–water partition coefficient (Wildman–Crippen LogP) is 2.99. The van der Waals surface area contributed by atoms with Gasteiger partial charge in [-0.1, -0.05) is 36.0 Å². The highest BCUT2D eigenvalue weighted by Crippen LogP contribution is 2.39. The van der Waals surface area contributed by atoms with Crippen LogP contribution in [-0.4, -0.2) is 12.3 Å². The molecule has 1 aliphatic carbocycles. The SMILES string of the molecule is O=C1CC=CC2=C1CNc1ccccc1S2. The number of carbonyl (C=O) groups is 1. The lowest BCUT2D eigenvalue weighted by Gasteiger charge is -2.10. The minimum atomic E-state index is 0.241. The fourth-order valence-electron chi connectivity index (χ4n) is 1.92. The maximum atomic E-state index is 11.8. The number of para-hydroxylation sites is 1. The molecule has 0 bridgehead atoms. The third kappa shape index (κ3) is 1.57. The van der Waals surface area contributed by atoms with Crippen LogP contribution in [0.1, 0.15) is 6.42 Å². The van der Waals surface area contributed by atoms with Gasteiger partial charge in [-0.25, -0.2) is 0 Å². The van der Waals surface area contributed by atoms with Crippen LogP contribution < -0.4 is 5.32 Å². The number of fused-ring (bicyclic) bond motifs is 1. The molecule has 0 spiro atoms. The molecule has 1 heterocycles. The Balaban J connectivity index is 2.05. The lowest BCUT2D eigenvalue weighted by molar-refractivity contribution is -0.114. The molecule has 2 aliphatic rings. The summed E-state index contributed by atoms with van der Waals surface area (Å²) in [4.78, 5) is 14.0. The van der Waals surface area contributed by atoms with E-state index in [1.165, 1.54) is 4.90 Å². The Bertz CT molecular complexity index is 516. The largest absolute Gasteiger partial charge is 0.380 e. The van der Waals surface area contributed by atoms with Crippen LogP contribution in [0.5, 0.6) is 0 Å². The maximum Gasteiger partial charge on any atom is 0.165 e. The van der Waals surface area contributed by atoms with E-state index < -0.39 is 0 Å². The number of hydrogen-bond acceptors (Lipinski definition) is 3. The second kappa shape index (κ2) is 3.83. The molecular weight excluding hydrogens is 218 g/mol. The van der Waals surface area contributed by atoms with Crippen molar-refractivity contribution in [2.75, 3.05) is 11.9 Å². The van der Waals surface area contributed by atoms with Crippen molar-refractivity contribution in [2.24, 2.45) is 0 Å². The van der Waals surface area contributed by atoms with Gasteiger partial charge >= 0.3 is 0 Å². The van der Waals surface area contributed by atoms with Gasteiger partial charge in [0.1, 0.15) is 0 Å². The molecule has 0 amide bonds. The normalized spacial score (nSPS) is 18.6. The van der Waals surface area contributed by atoms with E-state index in [-0.39, 0.29) is 5.78 Å². The van der Waals surface area contributed by atoms with Crippen molar-refractivity contribution >= 4 is 23.2 Å². The Kier molecular flexibility index (Phi) is 2.33. The first-order chi connectivity index (χ1) is 7.84. The summed E-state index contributed by atoms with van der Waals surface area (Å²) in [6.45, 7) is 0.641. The number of benzene rings is 1. The van der Waals surface area contributed by atoms with Crippen LogP contribution in [0, 0.1) is 0 Å². The molecule has 80 valence electrons. The number of anilines is 1. The second-order valence-electron chi connectivity index (χ2n) is 3.82. The molecule has 1 aromatic carbocycles. The Morgan fingerprint density at radius 1 is 1.25 bits per heavy atom. The minimum Gasteiger partial charge on any atom is -0.380 e. The second-order valence-corrected chi connectivity index (χ2v) is 4.91. The van der Waals surface area contributed by atoms with E-state index in [0.717, 1.165) is 16.2 Å². The van der Waals surface area contributed by atoms with Gasteiger partial charge < -0.3 is 5.32 Å². The first kappa shape index (κ1) is 9.73. The highest BCUT2D eigenvalue weighted by atomic mass is 32.2. The molecule has 0 atom stereocenters. The molecule has 1 aromatic rings. The number of nitrogens with one attached hydrogen (secondary N) is 1. The van der Waals surface area contributed by atoms with Gasteiger partial charge in [0.15, 0.2) is 5.78 Å². The average molecular weight is 229 g/mol. The number of allylic oxidation sites excluding steroid dienone is 2. The quantitative estimate of drug-likeness (QED) is 0.741. The van der Waals surface area contributed by atoms with E-state index >= 15 is 0 Å². The molecule has 1 N–H and O–H groups in total. The average Bonchev–Trinajstić information content (AvgIpc) is 2.48. The fraction of sp³-hybridized carbons (Fsp3) is 0.154. The van der Waals surface area contributed by atoms with Crippen LogP contribution in [0.4, 0.5) is 5.69 Å². The summed E-state index contributed by atoms with van der Waals surface area (Å²) >= 11 is 1.67. The molecule has 0 radical (unpaired) electrons. The van der Waals surface area contributed by atoms with Crippen LogP contribution in [0.3, 0.4) is 0 Å². The summed E-state index contributed by atoms with van der Waals surface area (Å²) in [5.41, 5.74) is 2.03. The zero-order valence-electron chi connectivity index (χ0n) is 8.69. The molecule has 3 heteroatoms. The monoisotopic (exact) mass is 229 g/mol. The smallest absolute Gasteiger partial charge is 0.165 e.